The summed E-state index contributed by atoms with van der Waals surface area (Å²) in [4.78, 5) is 12.3. The number of halogens is 1. The first-order valence-electron chi connectivity index (χ1n) is 11.4. The van der Waals surface area contributed by atoms with Crippen molar-refractivity contribution in [2.75, 3.05) is 0 Å². The fraction of sp³-hybridized carbons (Fsp3) is 0.720. The highest BCUT2D eigenvalue weighted by atomic mass is 35.5. The molecule has 1 nitrogen and oxygen atoms in total. The van der Waals surface area contributed by atoms with Crippen molar-refractivity contribution in [3.63, 3.8) is 0 Å². The number of Topliss-reactive ketones (excluding diaryl/α,β-unsaturated/α-hetero) is 1. The molecule has 0 N–H and O–H groups in total. The van der Waals surface area contributed by atoms with Gasteiger partial charge in [0.05, 0.1) is 5.02 Å². The van der Waals surface area contributed by atoms with E-state index < -0.39 is 0 Å². The summed E-state index contributed by atoms with van der Waals surface area (Å²) in [6.07, 6.45) is 20.8. The van der Waals surface area contributed by atoms with Crippen LogP contribution >= 0.6 is 11.6 Å². The van der Waals surface area contributed by atoms with Crippen molar-refractivity contribution in [2.24, 2.45) is 0 Å². The molecule has 0 aliphatic rings. The number of aryl methyl sites for hydroxylation is 1. The maximum Gasteiger partial charge on any atom is 0.164 e. The summed E-state index contributed by atoms with van der Waals surface area (Å²) < 4.78 is 0. The number of hydrogen-bond donors (Lipinski definition) is 0. The molecule has 0 unspecified atom stereocenters. The van der Waals surface area contributed by atoms with Gasteiger partial charge < -0.3 is 0 Å². The first-order valence-corrected chi connectivity index (χ1v) is 11.8. The van der Waals surface area contributed by atoms with E-state index in [0.29, 0.717) is 17.0 Å². The van der Waals surface area contributed by atoms with E-state index >= 15 is 0 Å². The zero-order valence-corrected chi connectivity index (χ0v) is 18.6. The summed E-state index contributed by atoms with van der Waals surface area (Å²) in [5.41, 5.74) is 1.68. The van der Waals surface area contributed by atoms with E-state index in [0.717, 1.165) is 18.4 Å². The van der Waals surface area contributed by atoms with Gasteiger partial charge >= 0.3 is 0 Å². The highest BCUT2D eigenvalue weighted by Gasteiger charge is 2.11. The van der Waals surface area contributed by atoms with Gasteiger partial charge in [-0.15, -0.1) is 0 Å². The Kier molecular flexibility index (Phi) is 14.5. The van der Waals surface area contributed by atoms with Crippen LogP contribution in [0.4, 0.5) is 0 Å². The molecule has 0 atom stereocenters. The highest BCUT2D eigenvalue weighted by Crippen LogP contribution is 2.22. The van der Waals surface area contributed by atoms with Crippen LogP contribution in [0.1, 0.15) is 126 Å². The van der Waals surface area contributed by atoms with Gasteiger partial charge in [0.25, 0.3) is 0 Å². The predicted molar refractivity (Wildman–Crippen MR) is 120 cm³/mol. The Balaban J connectivity index is 1.89. The van der Waals surface area contributed by atoms with Crippen molar-refractivity contribution in [1.29, 1.82) is 0 Å². The Hall–Kier alpha value is -0.820. The summed E-state index contributed by atoms with van der Waals surface area (Å²) in [5, 5.41) is 0.628. The topological polar surface area (TPSA) is 17.1 Å². The molecule has 1 aromatic rings. The predicted octanol–water partition coefficient (Wildman–Crippen LogP) is 9.09. The Labute approximate surface area is 173 Å². The third kappa shape index (κ3) is 11.6. The van der Waals surface area contributed by atoms with Crippen LogP contribution in [-0.4, -0.2) is 5.78 Å². The summed E-state index contributed by atoms with van der Waals surface area (Å²) in [5.74, 6) is 0.193. The summed E-state index contributed by atoms with van der Waals surface area (Å²) in [7, 11) is 0. The molecular formula is C25H41ClO. The van der Waals surface area contributed by atoms with Crippen molar-refractivity contribution in [1.82, 2.24) is 0 Å². The molecule has 0 spiro atoms. The molecule has 1 rings (SSSR count). The van der Waals surface area contributed by atoms with Crippen LogP contribution < -0.4 is 0 Å². The lowest BCUT2D eigenvalue weighted by atomic mass is 10.0. The summed E-state index contributed by atoms with van der Waals surface area (Å²) in [6, 6.07) is 5.72. The zero-order chi connectivity index (χ0) is 19.7. The number of rotatable bonds is 17. The first-order chi connectivity index (χ1) is 13.2. The van der Waals surface area contributed by atoms with Crippen molar-refractivity contribution in [3.05, 3.63) is 34.3 Å². The second-order valence-corrected chi connectivity index (χ2v) is 8.44. The fourth-order valence-corrected chi connectivity index (χ4v) is 3.89. The maximum atomic E-state index is 12.3. The Bertz CT molecular complexity index is 509. The molecule has 0 bridgehead atoms. The molecule has 0 aromatic heterocycles. The lowest BCUT2D eigenvalue weighted by molar-refractivity contribution is 0.0979. The van der Waals surface area contributed by atoms with Gasteiger partial charge in [-0.2, -0.15) is 0 Å². The van der Waals surface area contributed by atoms with Crippen molar-refractivity contribution >= 4 is 17.4 Å². The van der Waals surface area contributed by atoms with Gasteiger partial charge in [0, 0.05) is 12.0 Å². The number of hydrogen-bond acceptors (Lipinski definition) is 1. The van der Waals surface area contributed by atoms with E-state index in [9.17, 15) is 4.79 Å². The zero-order valence-electron chi connectivity index (χ0n) is 17.8. The minimum Gasteiger partial charge on any atom is -0.294 e. The molecule has 27 heavy (non-hydrogen) atoms. The van der Waals surface area contributed by atoms with Gasteiger partial charge in [-0.05, 0) is 25.0 Å². The van der Waals surface area contributed by atoms with Gasteiger partial charge in [-0.3, -0.25) is 4.79 Å². The lowest BCUT2D eigenvalue weighted by Crippen LogP contribution is -2.00. The molecule has 0 saturated heterocycles. The molecule has 0 saturated carbocycles. The van der Waals surface area contributed by atoms with Gasteiger partial charge in [0.2, 0.25) is 0 Å². The largest absolute Gasteiger partial charge is 0.294 e. The minimum absolute atomic E-state index is 0.193. The molecular weight excluding hydrogens is 352 g/mol. The third-order valence-electron chi connectivity index (χ3n) is 5.50. The van der Waals surface area contributed by atoms with Crippen LogP contribution in [0.25, 0.3) is 0 Å². The minimum atomic E-state index is 0.193. The molecule has 0 aliphatic carbocycles. The Morgan fingerprint density at radius 3 is 1.67 bits per heavy atom. The van der Waals surface area contributed by atoms with E-state index in [2.05, 4.69) is 6.92 Å². The lowest BCUT2D eigenvalue weighted by Gasteiger charge is -2.06. The quantitative estimate of drug-likeness (QED) is 0.191. The van der Waals surface area contributed by atoms with Crippen molar-refractivity contribution in [2.45, 2.75) is 117 Å². The number of carbonyl (C=O) groups is 1. The number of ketones is 1. The average molecular weight is 393 g/mol. The molecule has 154 valence electrons. The SMILES string of the molecule is CCCCCCCCCCCCCCCCCC(=O)c1cccc(C)c1Cl. The van der Waals surface area contributed by atoms with Crippen molar-refractivity contribution < 1.29 is 4.79 Å². The van der Waals surface area contributed by atoms with Crippen molar-refractivity contribution in [3.8, 4) is 0 Å². The van der Waals surface area contributed by atoms with Gasteiger partial charge in [0.1, 0.15) is 0 Å². The second kappa shape index (κ2) is 16.2. The van der Waals surface area contributed by atoms with Crippen LogP contribution in [0.15, 0.2) is 18.2 Å². The number of carbonyl (C=O) groups excluding carboxylic acids is 1. The standard InChI is InChI=1S/C25H41ClO/c1-3-4-5-6-7-8-9-10-11-12-13-14-15-16-17-21-24(27)23-20-18-19-22(2)25(23)26/h18-20H,3-17,21H2,1-2H3. The molecule has 2 heteroatoms. The highest BCUT2D eigenvalue weighted by molar-refractivity contribution is 6.34. The number of unbranched alkanes of at least 4 members (excludes halogenated alkanes) is 14. The normalized spacial score (nSPS) is 11.1. The van der Waals surface area contributed by atoms with Gasteiger partial charge in [-0.25, -0.2) is 0 Å². The van der Waals surface area contributed by atoms with Crippen LogP contribution in [0.3, 0.4) is 0 Å². The van der Waals surface area contributed by atoms with E-state index in [4.69, 9.17) is 11.6 Å². The Morgan fingerprint density at radius 2 is 1.19 bits per heavy atom. The van der Waals surface area contributed by atoms with Gasteiger partial charge in [-0.1, -0.05) is 121 Å². The molecule has 0 amide bonds. The van der Waals surface area contributed by atoms with E-state index in [-0.39, 0.29) is 5.78 Å². The first kappa shape index (κ1) is 24.2. The molecule has 0 heterocycles. The van der Waals surface area contributed by atoms with Crippen LogP contribution in [0.5, 0.6) is 0 Å². The molecule has 0 aliphatic heterocycles. The van der Waals surface area contributed by atoms with E-state index in [1.807, 2.05) is 25.1 Å². The van der Waals surface area contributed by atoms with E-state index in [1.54, 1.807) is 0 Å². The van der Waals surface area contributed by atoms with Crippen LogP contribution in [-0.2, 0) is 0 Å². The fourth-order valence-electron chi connectivity index (χ4n) is 3.65. The number of benzene rings is 1. The van der Waals surface area contributed by atoms with E-state index in [1.165, 1.54) is 83.5 Å². The third-order valence-corrected chi connectivity index (χ3v) is 6.00. The summed E-state index contributed by atoms with van der Waals surface area (Å²) >= 11 is 6.24. The average Bonchev–Trinajstić information content (AvgIpc) is 2.67. The summed E-state index contributed by atoms with van der Waals surface area (Å²) in [6.45, 7) is 4.23. The van der Waals surface area contributed by atoms with Crippen LogP contribution in [0, 0.1) is 6.92 Å². The molecule has 0 radical (unpaired) electrons. The second-order valence-electron chi connectivity index (χ2n) is 8.06. The smallest absolute Gasteiger partial charge is 0.164 e. The maximum absolute atomic E-state index is 12.3. The monoisotopic (exact) mass is 392 g/mol. The molecule has 1 aromatic carbocycles. The van der Waals surface area contributed by atoms with Crippen LogP contribution in [0.2, 0.25) is 5.02 Å². The molecule has 0 fully saturated rings. The Morgan fingerprint density at radius 1 is 0.741 bits per heavy atom. The van der Waals surface area contributed by atoms with Gasteiger partial charge in [0.15, 0.2) is 5.78 Å².